The zero-order valence-corrected chi connectivity index (χ0v) is 11.1. The van der Waals surface area contributed by atoms with Gasteiger partial charge < -0.3 is 4.90 Å². The molecule has 0 atom stereocenters. The van der Waals surface area contributed by atoms with Crippen LogP contribution in [-0.4, -0.2) is 17.0 Å². The van der Waals surface area contributed by atoms with Crippen molar-refractivity contribution in [2.45, 2.75) is 12.7 Å². The summed E-state index contributed by atoms with van der Waals surface area (Å²) in [6.07, 6.45) is -2.96. The normalized spacial score (nSPS) is 11.0. The molecule has 2 aromatic heterocycles. The molecular weight excluding hydrogens is 281 g/mol. The van der Waals surface area contributed by atoms with Crippen molar-refractivity contribution in [1.82, 2.24) is 9.97 Å². The monoisotopic (exact) mass is 292 g/mol. The minimum absolute atomic E-state index is 0.0158. The molecule has 108 valence electrons. The molecule has 21 heavy (non-hydrogen) atoms. The first-order valence-electron chi connectivity index (χ1n) is 6.01. The van der Waals surface area contributed by atoms with E-state index in [0.717, 1.165) is 12.1 Å². The van der Waals surface area contributed by atoms with Gasteiger partial charge in [-0.25, -0.2) is 4.98 Å². The highest BCUT2D eigenvalue weighted by molar-refractivity contribution is 5.54. The highest BCUT2D eigenvalue weighted by atomic mass is 19.4. The first-order chi connectivity index (χ1) is 9.91. The topological polar surface area (TPSA) is 52.8 Å². The maximum Gasteiger partial charge on any atom is 0.433 e. The standard InChI is InChI=1S/C14H11F3N4/c1-21(9-11-4-2-3-7-19-11)13-10(8-18)5-6-12(20-13)14(15,16)17/h2-7H,9H2,1H3. The second-order valence-electron chi connectivity index (χ2n) is 4.35. The second-order valence-corrected chi connectivity index (χ2v) is 4.35. The summed E-state index contributed by atoms with van der Waals surface area (Å²) in [5, 5.41) is 9.01. The van der Waals surface area contributed by atoms with Crippen LogP contribution in [0.4, 0.5) is 19.0 Å². The molecule has 0 fully saturated rings. The van der Waals surface area contributed by atoms with Crippen LogP contribution in [0.25, 0.3) is 0 Å². The van der Waals surface area contributed by atoms with E-state index >= 15 is 0 Å². The molecule has 0 spiro atoms. The molecule has 0 N–H and O–H groups in total. The van der Waals surface area contributed by atoms with E-state index in [2.05, 4.69) is 9.97 Å². The van der Waals surface area contributed by atoms with Crippen LogP contribution < -0.4 is 4.90 Å². The van der Waals surface area contributed by atoms with E-state index in [1.165, 1.54) is 4.90 Å². The number of nitriles is 1. The van der Waals surface area contributed by atoms with Crippen LogP contribution in [0.1, 0.15) is 17.0 Å². The molecule has 0 aliphatic rings. The number of hydrogen-bond acceptors (Lipinski definition) is 4. The van der Waals surface area contributed by atoms with Gasteiger partial charge in [0.15, 0.2) is 0 Å². The minimum Gasteiger partial charge on any atom is -0.353 e. The maximum absolute atomic E-state index is 12.7. The van der Waals surface area contributed by atoms with E-state index in [9.17, 15) is 13.2 Å². The number of rotatable bonds is 3. The summed E-state index contributed by atoms with van der Waals surface area (Å²) in [7, 11) is 1.57. The Labute approximate surface area is 119 Å². The molecule has 0 amide bonds. The Bertz CT molecular complexity index is 662. The molecule has 0 saturated carbocycles. The minimum atomic E-state index is -4.55. The Balaban J connectivity index is 2.35. The van der Waals surface area contributed by atoms with Crippen molar-refractivity contribution in [3.8, 4) is 6.07 Å². The summed E-state index contributed by atoms with van der Waals surface area (Å²) in [5.41, 5.74) is -0.270. The summed E-state index contributed by atoms with van der Waals surface area (Å²) in [5.74, 6) is -0.0158. The molecule has 0 radical (unpaired) electrons. The fourth-order valence-corrected chi connectivity index (χ4v) is 1.79. The van der Waals surface area contributed by atoms with E-state index in [-0.39, 0.29) is 17.9 Å². The van der Waals surface area contributed by atoms with Gasteiger partial charge in [-0.05, 0) is 24.3 Å². The lowest BCUT2D eigenvalue weighted by Crippen LogP contribution is -2.21. The van der Waals surface area contributed by atoms with Crippen LogP contribution in [0.2, 0.25) is 0 Å². The molecule has 0 saturated heterocycles. The molecule has 2 rings (SSSR count). The summed E-state index contributed by atoms with van der Waals surface area (Å²) in [4.78, 5) is 9.13. The van der Waals surface area contributed by atoms with Crippen LogP contribution in [0.5, 0.6) is 0 Å². The van der Waals surface area contributed by atoms with Gasteiger partial charge in [0, 0.05) is 13.2 Å². The Morgan fingerprint density at radius 1 is 1.24 bits per heavy atom. The summed E-state index contributed by atoms with van der Waals surface area (Å²) < 4.78 is 38.2. The van der Waals surface area contributed by atoms with Gasteiger partial charge in [-0.3, -0.25) is 4.98 Å². The second kappa shape index (κ2) is 5.79. The van der Waals surface area contributed by atoms with E-state index in [1.807, 2.05) is 6.07 Å². The molecule has 2 heterocycles. The summed E-state index contributed by atoms with van der Waals surface area (Å²) >= 11 is 0. The molecule has 0 bridgehead atoms. The highest BCUT2D eigenvalue weighted by Gasteiger charge is 2.33. The third-order valence-electron chi connectivity index (χ3n) is 2.77. The van der Waals surface area contributed by atoms with Crippen molar-refractivity contribution in [1.29, 1.82) is 5.26 Å². The van der Waals surface area contributed by atoms with Gasteiger partial charge in [-0.15, -0.1) is 0 Å². The van der Waals surface area contributed by atoms with Crippen LogP contribution in [0, 0.1) is 11.3 Å². The molecule has 2 aromatic rings. The van der Waals surface area contributed by atoms with Gasteiger partial charge in [0.25, 0.3) is 0 Å². The Hall–Kier alpha value is -2.62. The number of hydrogen-bond donors (Lipinski definition) is 0. The fourth-order valence-electron chi connectivity index (χ4n) is 1.79. The number of pyridine rings is 2. The van der Waals surface area contributed by atoms with Crippen molar-refractivity contribution < 1.29 is 13.2 Å². The van der Waals surface area contributed by atoms with Gasteiger partial charge in [0.1, 0.15) is 17.6 Å². The fraction of sp³-hybridized carbons (Fsp3) is 0.214. The number of anilines is 1. The average molecular weight is 292 g/mol. The predicted octanol–water partition coefficient (Wildman–Crippen LogP) is 3.00. The Morgan fingerprint density at radius 3 is 2.57 bits per heavy atom. The smallest absolute Gasteiger partial charge is 0.353 e. The summed E-state index contributed by atoms with van der Waals surface area (Å²) in [6.45, 7) is 0.254. The molecule has 0 aliphatic heterocycles. The zero-order chi connectivity index (χ0) is 15.5. The van der Waals surface area contributed by atoms with Gasteiger partial charge in [0.05, 0.1) is 17.8 Å². The molecule has 7 heteroatoms. The number of alkyl halides is 3. The van der Waals surface area contributed by atoms with Crippen molar-refractivity contribution in [2.24, 2.45) is 0 Å². The first-order valence-corrected chi connectivity index (χ1v) is 6.01. The predicted molar refractivity (Wildman–Crippen MR) is 70.3 cm³/mol. The quantitative estimate of drug-likeness (QED) is 0.872. The van der Waals surface area contributed by atoms with E-state index in [0.29, 0.717) is 5.69 Å². The zero-order valence-electron chi connectivity index (χ0n) is 11.1. The van der Waals surface area contributed by atoms with Crippen LogP contribution in [0.3, 0.4) is 0 Å². The molecular formula is C14H11F3N4. The van der Waals surface area contributed by atoms with Crippen molar-refractivity contribution in [2.75, 3.05) is 11.9 Å². The molecule has 0 aromatic carbocycles. The van der Waals surface area contributed by atoms with Gasteiger partial charge in [0.2, 0.25) is 0 Å². The van der Waals surface area contributed by atoms with Crippen molar-refractivity contribution >= 4 is 5.82 Å². The third kappa shape index (κ3) is 3.48. The van der Waals surface area contributed by atoms with Crippen molar-refractivity contribution in [3.05, 3.63) is 53.5 Å². The lowest BCUT2D eigenvalue weighted by Gasteiger charge is -2.20. The maximum atomic E-state index is 12.7. The van der Waals surface area contributed by atoms with Crippen LogP contribution >= 0.6 is 0 Å². The molecule has 0 unspecified atom stereocenters. The number of aromatic nitrogens is 2. The Kier molecular flexibility index (Phi) is 4.08. The van der Waals surface area contributed by atoms with E-state index < -0.39 is 11.9 Å². The van der Waals surface area contributed by atoms with Crippen LogP contribution in [-0.2, 0) is 12.7 Å². The van der Waals surface area contributed by atoms with Crippen LogP contribution in [0.15, 0.2) is 36.5 Å². The van der Waals surface area contributed by atoms with E-state index in [4.69, 9.17) is 5.26 Å². The largest absolute Gasteiger partial charge is 0.433 e. The van der Waals surface area contributed by atoms with Crippen molar-refractivity contribution in [3.63, 3.8) is 0 Å². The van der Waals surface area contributed by atoms with Gasteiger partial charge in [-0.1, -0.05) is 6.07 Å². The lowest BCUT2D eigenvalue weighted by atomic mass is 10.2. The third-order valence-corrected chi connectivity index (χ3v) is 2.77. The first kappa shape index (κ1) is 14.8. The van der Waals surface area contributed by atoms with Gasteiger partial charge in [-0.2, -0.15) is 18.4 Å². The molecule has 0 aliphatic carbocycles. The average Bonchev–Trinajstić information content (AvgIpc) is 2.46. The SMILES string of the molecule is CN(Cc1ccccn1)c1nc(C(F)(F)F)ccc1C#N. The number of nitrogens with zero attached hydrogens (tertiary/aromatic N) is 4. The summed E-state index contributed by atoms with van der Waals surface area (Å²) in [6, 6.07) is 9.04. The number of halogens is 3. The van der Waals surface area contributed by atoms with E-state index in [1.54, 1.807) is 31.4 Å². The Morgan fingerprint density at radius 2 is 2.00 bits per heavy atom. The lowest BCUT2D eigenvalue weighted by molar-refractivity contribution is -0.141. The molecule has 4 nitrogen and oxygen atoms in total. The highest BCUT2D eigenvalue weighted by Crippen LogP contribution is 2.30. The van der Waals surface area contributed by atoms with Gasteiger partial charge >= 0.3 is 6.18 Å².